The zero-order chi connectivity index (χ0) is 18.6. The van der Waals surface area contributed by atoms with Crippen molar-refractivity contribution >= 4 is 17.3 Å². The van der Waals surface area contributed by atoms with Crippen molar-refractivity contribution in [3.05, 3.63) is 69.3 Å². The molecule has 0 bridgehead atoms. The van der Waals surface area contributed by atoms with Crippen LogP contribution in [0.1, 0.15) is 47.3 Å². The van der Waals surface area contributed by atoms with E-state index in [1.807, 2.05) is 24.3 Å². The van der Waals surface area contributed by atoms with Crippen molar-refractivity contribution in [1.82, 2.24) is 5.32 Å². The Morgan fingerprint density at radius 1 is 1.16 bits per heavy atom. The Labute approximate surface area is 146 Å². The van der Waals surface area contributed by atoms with Gasteiger partial charge >= 0.3 is 0 Å². The molecule has 25 heavy (non-hydrogen) atoms. The molecule has 0 saturated carbocycles. The smallest absolute Gasteiger partial charge is 0.270 e. The molecule has 1 unspecified atom stereocenters. The molecule has 0 aromatic heterocycles. The highest BCUT2D eigenvalue weighted by Crippen LogP contribution is 2.20. The van der Waals surface area contributed by atoms with Crippen LogP contribution in [-0.2, 0) is 0 Å². The van der Waals surface area contributed by atoms with Gasteiger partial charge in [-0.2, -0.15) is 0 Å². The Balaban J connectivity index is 2.04. The van der Waals surface area contributed by atoms with Crippen molar-refractivity contribution in [2.24, 2.45) is 5.73 Å². The van der Waals surface area contributed by atoms with E-state index in [1.165, 1.54) is 17.7 Å². The highest BCUT2D eigenvalue weighted by Gasteiger charge is 2.16. The number of carbonyl (C=O) groups is 1. The lowest BCUT2D eigenvalue weighted by Crippen LogP contribution is -2.32. The van der Waals surface area contributed by atoms with Gasteiger partial charge in [0.2, 0.25) is 0 Å². The standard InChI is InChI=1S/C18H22N4O3/c1-11(2)12-3-5-13(6-4-12)17(20)10-21-18(23)15-9-14(22(24)25)7-8-16(15)19/h3-9,11,17H,10,19-20H2,1-2H3,(H,21,23). The lowest BCUT2D eigenvalue weighted by atomic mass is 9.99. The number of nitro groups is 1. The zero-order valence-electron chi connectivity index (χ0n) is 14.2. The van der Waals surface area contributed by atoms with Crippen LogP contribution >= 0.6 is 0 Å². The number of rotatable bonds is 6. The maximum Gasteiger partial charge on any atom is 0.270 e. The Morgan fingerprint density at radius 2 is 1.76 bits per heavy atom. The lowest BCUT2D eigenvalue weighted by Gasteiger charge is -2.15. The second-order valence-electron chi connectivity index (χ2n) is 6.17. The van der Waals surface area contributed by atoms with E-state index in [0.717, 1.165) is 11.6 Å². The number of non-ortho nitro benzene ring substituents is 1. The van der Waals surface area contributed by atoms with E-state index < -0.39 is 10.8 Å². The van der Waals surface area contributed by atoms with Gasteiger partial charge in [0, 0.05) is 30.4 Å². The molecule has 132 valence electrons. The van der Waals surface area contributed by atoms with E-state index in [2.05, 4.69) is 19.2 Å². The molecule has 1 atom stereocenters. The van der Waals surface area contributed by atoms with E-state index >= 15 is 0 Å². The molecule has 0 fully saturated rings. The zero-order valence-corrected chi connectivity index (χ0v) is 14.2. The number of nitrogens with zero attached hydrogens (tertiary/aromatic N) is 1. The molecule has 2 aromatic carbocycles. The molecule has 0 radical (unpaired) electrons. The van der Waals surface area contributed by atoms with Crippen LogP contribution in [0.2, 0.25) is 0 Å². The second kappa shape index (κ2) is 7.76. The molecule has 0 heterocycles. The molecule has 0 spiro atoms. The maximum atomic E-state index is 12.3. The van der Waals surface area contributed by atoms with Crippen molar-refractivity contribution in [3.8, 4) is 0 Å². The monoisotopic (exact) mass is 342 g/mol. The van der Waals surface area contributed by atoms with E-state index in [1.54, 1.807) is 0 Å². The first-order chi connectivity index (χ1) is 11.8. The van der Waals surface area contributed by atoms with E-state index in [9.17, 15) is 14.9 Å². The summed E-state index contributed by atoms with van der Waals surface area (Å²) in [6.45, 7) is 4.42. The SMILES string of the molecule is CC(C)c1ccc(C(N)CNC(=O)c2cc([N+](=O)[O-])ccc2N)cc1. The fraction of sp³-hybridized carbons (Fsp3) is 0.278. The molecule has 7 heteroatoms. The third-order valence-corrected chi connectivity index (χ3v) is 4.01. The van der Waals surface area contributed by atoms with Crippen LogP contribution in [0.25, 0.3) is 0 Å². The van der Waals surface area contributed by atoms with Gasteiger partial charge < -0.3 is 16.8 Å². The molecule has 0 aliphatic rings. The predicted octanol–water partition coefficient (Wildman–Crippen LogP) is 2.73. The quantitative estimate of drug-likeness (QED) is 0.423. The fourth-order valence-corrected chi connectivity index (χ4v) is 2.40. The Hall–Kier alpha value is -2.93. The minimum atomic E-state index is -0.571. The largest absolute Gasteiger partial charge is 0.398 e. The average Bonchev–Trinajstić information content (AvgIpc) is 2.59. The third-order valence-electron chi connectivity index (χ3n) is 4.01. The van der Waals surface area contributed by atoms with Crippen molar-refractivity contribution in [2.75, 3.05) is 12.3 Å². The summed E-state index contributed by atoms with van der Waals surface area (Å²) >= 11 is 0. The number of hydrogen-bond donors (Lipinski definition) is 3. The highest BCUT2D eigenvalue weighted by molar-refractivity contribution is 5.99. The summed E-state index contributed by atoms with van der Waals surface area (Å²) in [4.78, 5) is 22.5. The van der Waals surface area contributed by atoms with Crippen LogP contribution in [0.3, 0.4) is 0 Å². The molecular weight excluding hydrogens is 320 g/mol. The molecular formula is C18H22N4O3. The van der Waals surface area contributed by atoms with Crippen LogP contribution in [-0.4, -0.2) is 17.4 Å². The van der Waals surface area contributed by atoms with Crippen LogP contribution in [0.5, 0.6) is 0 Å². The molecule has 0 saturated heterocycles. The van der Waals surface area contributed by atoms with Gasteiger partial charge in [-0.1, -0.05) is 38.1 Å². The molecule has 5 N–H and O–H groups in total. The van der Waals surface area contributed by atoms with Gasteiger partial charge in [-0.3, -0.25) is 14.9 Å². The van der Waals surface area contributed by atoms with E-state index in [0.29, 0.717) is 5.92 Å². The first-order valence-corrected chi connectivity index (χ1v) is 7.97. The van der Waals surface area contributed by atoms with Crippen molar-refractivity contribution in [2.45, 2.75) is 25.8 Å². The number of benzene rings is 2. The van der Waals surface area contributed by atoms with Crippen LogP contribution < -0.4 is 16.8 Å². The molecule has 2 rings (SSSR count). The maximum absolute atomic E-state index is 12.3. The summed E-state index contributed by atoms with van der Waals surface area (Å²) in [5, 5.41) is 13.5. The summed E-state index contributed by atoms with van der Waals surface area (Å²) in [7, 11) is 0. The number of nitro benzene ring substituents is 1. The van der Waals surface area contributed by atoms with Gasteiger partial charge in [0.25, 0.3) is 11.6 Å². The number of amides is 1. The fourth-order valence-electron chi connectivity index (χ4n) is 2.40. The van der Waals surface area contributed by atoms with Crippen molar-refractivity contribution in [1.29, 1.82) is 0 Å². The molecule has 7 nitrogen and oxygen atoms in total. The third kappa shape index (κ3) is 4.54. The Kier molecular flexibility index (Phi) is 5.71. The van der Waals surface area contributed by atoms with E-state index in [-0.39, 0.29) is 29.5 Å². The first kappa shape index (κ1) is 18.4. The first-order valence-electron chi connectivity index (χ1n) is 7.97. The highest BCUT2D eigenvalue weighted by atomic mass is 16.6. The number of carbonyl (C=O) groups excluding carboxylic acids is 1. The average molecular weight is 342 g/mol. The Bertz CT molecular complexity index is 772. The molecule has 0 aliphatic carbocycles. The number of nitrogen functional groups attached to an aromatic ring is 1. The van der Waals surface area contributed by atoms with Crippen LogP contribution in [0.4, 0.5) is 11.4 Å². The van der Waals surface area contributed by atoms with Gasteiger partial charge in [-0.25, -0.2) is 0 Å². The topological polar surface area (TPSA) is 124 Å². The molecule has 2 aromatic rings. The lowest BCUT2D eigenvalue weighted by molar-refractivity contribution is -0.384. The summed E-state index contributed by atoms with van der Waals surface area (Å²) in [5.74, 6) is -0.0581. The minimum Gasteiger partial charge on any atom is -0.398 e. The van der Waals surface area contributed by atoms with Crippen LogP contribution in [0, 0.1) is 10.1 Å². The normalized spacial score (nSPS) is 12.0. The number of anilines is 1. The van der Waals surface area contributed by atoms with Crippen molar-refractivity contribution < 1.29 is 9.72 Å². The van der Waals surface area contributed by atoms with Crippen molar-refractivity contribution in [3.63, 3.8) is 0 Å². The number of hydrogen-bond acceptors (Lipinski definition) is 5. The van der Waals surface area contributed by atoms with Gasteiger partial charge in [0.15, 0.2) is 0 Å². The van der Waals surface area contributed by atoms with E-state index in [4.69, 9.17) is 11.5 Å². The second-order valence-corrected chi connectivity index (χ2v) is 6.17. The number of nitrogens with two attached hydrogens (primary N) is 2. The summed E-state index contributed by atoms with van der Waals surface area (Å²) < 4.78 is 0. The van der Waals surface area contributed by atoms with Crippen LogP contribution in [0.15, 0.2) is 42.5 Å². The molecule has 1 amide bonds. The van der Waals surface area contributed by atoms with Gasteiger partial charge in [-0.05, 0) is 23.1 Å². The van der Waals surface area contributed by atoms with Gasteiger partial charge in [-0.15, -0.1) is 0 Å². The Morgan fingerprint density at radius 3 is 2.32 bits per heavy atom. The molecule has 0 aliphatic heterocycles. The summed E-state index contributed by atoms with van der Waals surface area (Å²) in [6, 6.07) is 11.3. The minimum absolute atomic E-state index is 0.0663. The summed E-state index contributed by atoms with van der Waals surface area (Å²) in [5.41, 5.74) is 14.0. The number of nitrogens with one attached hydrogen (secondary N) is 1. The summed E-state index contributed by atoms with van der Waals surface area (Å²) in [6.07, 6.45) is 0. The van der Waals surface area contributed by atoms with Gasteiger partial charge in [0.05, 0.1) is 10.5 Å². The predicted molar refractivity (Wildman–Crippen MR) is 97.3 cm³/mol. The van der Waals surface area contributed by atoms with Gasteiger partial charge in [0.1, 0.15) is 0 Å².